The summed E-state index contributed by atoms with van der Waals surface area (Å²) < 4.78 is 0. The lowest BCUT2D eigenvalue weighted by atomic mass is 9.91. The molecule has 1 heterocycles. The highest BCUT2D eigenvalue weighted by Gasteiger charge is 2.15. The van der Waals surface area contributed by atoms with E-state index in [2.05, 4.69) is 22.5 Å². The zero-order chi connectivity index (χ0) is 11.2. The van der Waals surface area contributed by atoms with E-state index < -0.39 is 0 Å². The lowest BCUT2D eigenvalue weighted by Crippen LogP contribution is -2.39. The van der Waals surface area contributed by atoms with Gasteiger partial charge in [0.2, 0.25) is 0 Å². The zero-order valence-corrected chi connectivity index (χ0v) is 10.5. The van der Waals surface area contributed by atoms with Gasteiger partial charge in [0.25, 0.3) is 0 Å². The molecule has 3 heteroatoms. The molecule has 0 saturated heterocycles. The van der Waals surface area contributed by atoms with Gasteiger partial charge in [-0.1, -0.05) is 32.1 Å². The fourth-order valence-corrected chi connectivity index (χ4v) is 2.65. The van der Waals surface area contributed by atoms with E-state index >= 15 is 0 Å². The lowest BCUT2D eigenvalue weighted by Gasteiger charge is -2.20. The Morgan fingerprint density at radius 2 is 1.88 bits per heavy atom. The third-order valence-corrected chi connectivity index (χ3v) is 3.69. The highest BCUT2D eigenvalue weighted by molar-refractivity contribution is 5.81. The van der Waals surface area contributed by atoms with Crippen molar-refractivity contribution in [3.05, 3.63) is 0 Å². The second-order valence-electron chi connectivity index (χ2n) is 5.33. The van der Waals surface area contributed by atoms with Crippen molar-refractivity contribution in [2.24, 2.45) is 10.9 Å². The average Bonchev–Trinajstić information content (AvgIpc) is 2.63. The molecule has 16 heavy (non-hydrogen) atoms. The molecule has 0 aromatic carbocycles. The van der Waals surface area contributed by atoms with Gasteiger partial charge in [0, 0.05) is 12.6 Å². The van der Waals surface area contributed by atoms with Crippen LogP contribution >= 0.6 is 0 Å². The van der Waals surface area contributed by atoms with Gasteiger partial charge in [0.05, 0.1) is 6.54 Å². The van der Waals surface area contributed by atoms with Crippen molar-refractivity contribution >= 4 is 5.96 Å². The number of rotatable bonds is 2. The van der Waals surface area contributed by atoms with E-state index in [9.17, 15) is 0 Å². The monoisotopic (exact) mass is 223 g/mol. The Bertz CT molecular complexity index is 229. The van der Waals surface area contributed by atoms with Gasteiger partial charge in [-0.05, 0) is 25.7 Å². The molecule has 0 bridgehead atoms. The smallest absolute Gasteiger partial charge is 0.191 e. The van der Waals surface area contributed by atoms with Gasteiger partial charge < -0.3 is 10.6 Å². The summed E-state index contributed by atoms with van der Waals surface area (Å²) in [5.41, 5.74) is 0. The van der Waals surface area contributed by atoms with Gasteiger partial charge in [-0.25, -0.2) is 0 Å². The van der Waals surface area contributed by atoms with Crippen LogP contribution in [-0.2, 0) is 0 Å². The Morgan fingerprint density at radius 3 is 2.50 bits per heavy atom. The molecule has 1 unspecified atom stereocenters. The second kappa shape index (κ2) is 6.12. The fraction of sp³-hybridized carbons (Fsp3) is 0.923. The molecule has 2 aliphatic rings. The highest BCUT2D eigenvalue weighted by atomic mass is 15.2. The number of nitrogens with zero attached hydrogens (tertiary/aromatic N) is 1. The van der Waals surface area contributed by atoms with E-state index in [1.54, 1.807) is 0 Å². The van der Waals surface area contributed by atoms with Gasteiger partial charge in [-0.3, -0.25) is 4.99 Å². The predicted molar refractivity (Wildman–Crippen MR) is 68.7 cm³/mol. The molecule has 0 aromatic heterocycles. The van der Waals surface area contributed by atoms with Crippen molar-refractivity contribution in [3.63, 3.8) is 0 Å². The van der Waals surface area contributed by atoms with E-state index in [1.807, 2.05) is 0 Å². The quantitative estimate of drug-likeness (QED) is 0.753. The normalized spacial score (nSPS) is 27.8. The molecule has 1 fully saturated rings. The van der Waals surface area contributed by atoms with E-state index in [-0.39, 0.29) is 0 Å². The van der Waals surface area contributed by atoms with Crippen LogP contribution < -0.4 is 10.6 Å². The summed E-state index contributed by atoms with van der Waals surface area (Å²) in [6.07, 6.45) is 9.96. The van der Waals surface area contributed by atoms with Crippen LogP contribution in [0.4, 0.5) is 0 Å². The summed E-state index contributed by atoms with van der Waals surface area (Å²) in [5.74, 6) is 1.88. The molecule has 2 rings (SSSR count). The first kappa shape index (κ1) is 11.7. The summed E-state index contributed by atoms with van der Waals surface area (Å²) in [6, 6.07) is 0.514. The molecule has 92 valence electrons. The van der Waals surface area contributed by atoms with Crippen molar-refractivity contribution in [1.82, 2.24) is 10.6 Å². The molecule has 0 radical (unpaired) electrons. The number of hydrogen-bond acceptors (Lipinski definition) is 3. The van der Waals surface area contributed by atoms with Crippen molar-refractivity contribution in [3.8, 4) is 0 Å². The number of nitrogens with one attached hydrogen (secondary N) is 2. The van der Waals surface area contributed by atoms with E-state index in [0.717, 1.165) is 25.0 Å². The second-order valence-corrected chi connectivity index (χ2v) is 5.33. The highest BCUT2D eigenvalue weighted by Crippen LogP contribution is 2.21. The van der Waals surface area contributed by atoms with E-state index in [1.165, 1.54) is 44.9 Å². The summed E-state index contributed by atoms with van der Waals surface area (Å²) in [6.45, 7) is 4.21. The molecule has 0 amide bonds. The minimum atomic E-state index is 0.514. The van der Waals surface area contributed by atoms with Gasteiger partial charge in [-0.2, -0.15) is 0 Å². The molecule has 1 aliphatic heterocycles. The Kier molecular flexibility index (Phi) is 4.49. The molecule has 3 nitrogen and oxygen atoms in total. The summed E-state index contributed by atoms with van der Waals surface area (Å²) in [4.78, 5) is 4.44. The summed E-state index contributed by atoms with van der Waals surface area (Å²) in [7, 11) is 0. The Morgan fingerprint density at radius 1 is 1.19 bits per heavy atom. The summed E-state index contributed by atoms with van der Waals surface area (Å²) in [5, 5.41) is 6.83. The van der Waals surface area contributed by atoms with Crippen molar-refractivity contribution in [1.29, 1.82) is 0 Å². The maximum Gasteiger partial charge on any atom is 0.191 e. The SMILES string of the molecule is CC1CN=C(NCC2CCCCCCC2)N1. The van der Waals surface area contributed by atoms with Gasteiger partial charge in [-0.15, -0.1) is 0 Å². The van der Waals surface area contributed by atoms with Crippen molar-refractivity contribution < 1.29 is 0 Å². The Balaban J connectivity index is 1.67. The predicted octanol–water partition coefficient (Wildman–Crippen LogP) is 2.28. The van der Waals surface area contributed by atoms with E-state index in [0.29, 0.717) is 6.04 Å². The maximum absolute atomic E-state index is 4.44. The van der Waals surface area contributed by atoms with Crippen LogP contribution in [-0.4, -0.2) is 25.1 Å². The van der Waals surface area contributed by atoms with Gasteiger partial charge in [0.15, 0.2) is 5.96 Å². The van der Waals surface area contributed by atoms with Crippen LogP contribution in [0.15, 0.2) is 4.99 Å². The van der Waals surface area contributed by atoms with Crippen LogP contribution in [0, 0.1) is 5.92 Å². The minimum Gasteiger partial charge on any atom is -0.356 e. The third kappa shape index (κ3) is 3.69. The van der Waals surface area contributed by atoms with Crippen LogP contribution in [0.3, 0.4) is 0 Å². The molecule has 2 N–H and O–H groups in total. The zero-order valence-electron chi connectivity index (χ0n) is 10.5. The lowest BCUT2D eigenvalue weighted by molar-refractivity contribution is 0.375. The molecular formula is C13H25N3. The van der Waals surface area contributed by atoms with Crippen LogP contribution in [0.2, 0.25) is 0 Å². The Hall–Kier alpha value is -0.730. The number of hydrogen-bond donors (Lipinski definition) is 2. The molecule has 0 aromatic rings. The first-order valence-corrected chi connectivity index (χ1v) is 6.89. The molecule has 1 aliphatic carbocycles. The average molecular weight is 223 g/mol. The topological polar surface area (TPSA) is 36.4 Å². The van der Waals surface area contributed by atoms with Crippen LogP contribution in [0.5, 0.6) is 0 Å². The Labute approximate surface area is 99.1 Å². The number of aliphatic imine (C=N–C) groups is 1. The summed E-state index contributed by atoms with van der Waals surface area (Å²) >= 11 is 0. The molecular weight excluding hydrogens is 198 g/mol. The van der Waals surface area contributed by atoms with Gasteiger partial charge >= 0.3 is 0 Å². The molecule has 0 spiro atoms. The van der Waals surface area contributed by atoms with Gasteiger partial charge in [0.1, 0.15) is 0 Å². The fourth-order valence-electron chi connectivity index (χ4n) is 2.65. The first-order valence-electron chi connectivity index (χ1n) is 6.89. The standard InChI is InChI=1S/C13H25N3/c1-11-9-14-13(16-11)15-10-12-7-5-3-2-4-6-8-12/h11-12H,2-10H2,1H3,(H2,14,15,16). The first-order chi connectivity index (χ1) is 7.84. The molecule has 1 atom stereocenters. The minimum absolute atomic E-state index is 0.514. The third-order valence-electron chi connectivity index (χ3n) is 3.69. The maximum atomic E-state index is 4.44. The van der Waals surface area contributed by atoms with Crippen molar-refractivity contribution in [2.45, 2.75) is 57.9 Å². The van der Waals surface area contributed by atoms with E-state index in [4.69, 9.17) is 0 Å². The molecule has 1 saturated carbocycles. The van der Waals surface area contributed by atoms with Crippen LogP contribution in [0.25, 0.3) is 0 Å². The largest absolute Gasteiger partial charge is 0.356 e. The van der Waals surface area contributed by atoms with Crippen LogP contribution in [0.1, 0.15) is 51.9 Å². The van der Waals surface area contributed by atoms with Crippen molar-refractivity contribution in [2.75, 3.05) is 13.1 Å². The number of guanidine groups is 1.